The van der Waals surface area contributed by atoms with Gasteiger partial charge < -0.3 is 10.1 Å². The van der Waals surface area contributed by atoms with E-state index in [-0.39, 0.29) is 11.9 Å². The number of esters is 1. The van der Waals surface area contributed by atoms with E-state index in [1.165, 1.54) is 17.4 Å². The first kappa shape index (κ1) is 16.3. The average molecular weight is 336 g/mol. The number of hydrogen-bond donors (Lipinski definition) is 1. The molecule has 1 aromatic heterocycles. The number of amides is 1. The van der Waals surface area contributed by atoms with Gasteiger partial charge in [-0.15, -0.1) is 11.3 Å². The summed E-state index contributed by atoms with van der Waals surface area (Å²) in [5.74, 6) is -0.582. The van der Waals surface area contributed by atoms with Gasteiger partial charge in [0.1, 0.15) is 0 Å². The fourth-order valence-electron chi connectivity index (χ4n) is 1.66. The average Bonchev–Trinajstić information content (AvgIpc) is 2.93. The molecule has 0 fully saturated rings. The van der Waals surface area contributed by atoms with E-state index >= 15 is 0 Å². The fourth-order valence-corrected chi connectivity index (χ4v) is 2.60. The summed E-state index contributed by atoms with van der Waals surface area (Å²) in [6.45, 7) is 2.10. The minimum Gasteiger partial charge on any atom is -0.463 e. The van der Waals surface area contributed by atoms with Gasteiger partial charge in [-0.2, -0.15) is 0 Å². The highest BCUT2D eigenvalue weighted by Gasteiger charge is 2.08. The number of carbonyl (C=O) groups excluding carboxylic acids is 2. The first-order chi connectivity index (χ1) is 10.6. The largest absolute Gasteiger partial charge is 0.463 e. The smallest absolute Gasteiger partial charge is 0.330 e. The van der Waals surface area contributed by atoms with Crippen molar-refractivity contribution in [2.24, 2.45) is 0 Å². The van der Waals surface area contributed by atoms with Crippen LogP contribution in [0.4, 0.5) is 5.69 Å². The maximum absolute atomic E-state index is 12.0. The highest BCUT2D eigenvalue weighted by molar-refractivity contribution is 7.18. The van der Waals surface area contributed by atoms with Gasteiger partial charge in [-0.1, -0.05) is 23.7 Å². The Labute approximate surface area is 137 Å². The second kappa shape index (κ2) is 7.77. The Kier molecular flexibility index (Phi) is 5.75. The molecule has 0 bridgehead atoms. The molecule has 1 aromatic carbocycles. The van der Waals surface area contributed by atoms with E-state index < -0.39 is 0 Å². The third-order valence-corrected chi connectivity index (χ3v) is 3.89. The second-order valence-electron chi connectivity index (χ2n) is 4.27. The van der Waals surface area contributed by atoms with Crippen LogP contribution in [0.5, 0.6) is 0 Å². The summed E-state index contributed by atoms with van der Waals surface area (Å²) >= 11 is 7.03. The van der Waals surface area contributed by atoms with Gasteiger partial charge in [0.15, 0.2) is 0 Å². The van der Waals surface area contributed by atoms with Gasteiger partial charge in [0.05, 0.1) is 15.8 Å². The van der Waals surface area contributed by atoms with Crippen LogP contribution in [0, 0.1) is 0 Å². The molecule has 114 valence electrons. The third-order valence-electron chi connectivity index (χ3n) is 2.66. The lowest BCUT2D eigenvalue weighted by Crippen LogP contribution is -2.09. The Morgan fingerprint density at radius 1 is 1.23 bits per heavy atom. The number of anilines is 1. The minimum absolute atomic E-state index is 0.202. The number of benzene rings is 1. The molecule has 22 heavy (non-hydrogen) atoms. The highest BCUT2D eigenvalue weighted by Crippen LogP contribution is 2.22. The molecule has 2 rings (SSSR count). The molecule has 0 aliphatic heterocycles. The van der Waals surface area contributed by atoms with Crippen LogP contribution in [0.3, 0.4) is 0 Å². The zero-order chi connectivity index (χ0) is 15.9. The molecule has 0 aliphatic rings. The summed E-state index contributed by atoms with van der Waals surface area (Å²) in [5.41, 5.74) is 1.51. The van der Waals surface area contributed by atoms with Crippen LogP contribution >= 0.6 is 22.9 Å². The van der Waals surface area contributed by atoms with Crippen LogP contribution in [0.25, 0.3) is 6.08 Å². The standard InChI is InChI=1S/C16H14ClNO3S/c1-2-21-15(19)10-5-11-3-6-12(7-4-11)18-16(20)13-8-9-14(17)22-13/h3-10H,2H2,1H3,(H,18,20)/b10-5+. The number of rotatable bonds is 5. The molecule has 6 heteroatoms. The molecule has 0 saturated heterocycles. The Hall–Kier alpha value is -2.11. The summed E-state index contributed by atoms with van der Waals surface area (Å²) < 4.78 is 5.37. The van der Waals surface area contributed by atoms with Crippen molar-refractivity contribution in [3.63, 3.8) is 0 Å². The number of ether oxygens (including phenoxy) is 1. The van der Waals surface area contributed by atoms with Crippen molar-refractivity contribution >= 4 is 46.6 Å². The molecular formula is C16H14ClNO3S. The molecule has 2 aromatic rings. The maximum Gasteiger partial charge on any atom is 0.330 e. The lowest BCUT2D eigenvalue weighted by molar-refractivity contribution is -0.137. The van der Waals surface area contributed by atoms with E-state index in [2.05, 4.69) is 5.32 Å². The SMILES string of the molecule is CCOC(=O)/C=C/c1ccc(NC(=O)c2ccc(Cl)s2)cc1. The third kappa shape index (κ3) is 4.72. The molecule has 0 saturated carbocycles. The Balaban J connectivity index is 1.97. The summed E-state index contributed by atoms with van der Waals surface area (Å²) in [6.07, 6.45) is 3.02. The molecule has 0 aliphatic carbocycles. The topological polar surface area (TPSA) is 55.4 Å². The summed E-state index contributed by atoms with van der Waals surface area (Å²) in [6, 6.07) is 10.5. The van der Waals surface area contributed by atoms with Crippen LogP contribution in [0.1, 0.15) is 22.2 Å². The molecule has 1 N–H and O–H groups in total. The molecule has 1 heterocycles. The summed E-state index contributed by atoms with van der Waals surface area (Å²) in [7, 11) is 0. The fraction of sp³-hybridized carbons (Fsp3) is 0.125. The number of hydrogen-bond acceptors (Lipinski definition) is 4. The van der Waals surface area contributed by atoms with Crippen molar-refractivity contribution in [1.82, 2.24) is 0 Å². The quantitative estimate of drug-likeness (QED) is 0.657. The van der Waals surface area contributed by atoms with Gasteiger partial charge in [-0.25, -0.2) is 4.79 Å². The number of carbonyl (C=O) groups is 2. The van der Waals surface area contributed by atoms with Crippen LogP contribution in [0.15, 0.2) is 42.5 Å². The van der Waals surface area contributed by atoms with Crippen LogP contribution in [-0.2, 0) is 9.53 Å². The molecular weight excluding hydrogens is 322 g/mol. The minimum atomic E-state index is -0.380. The molecule has 0 spiro atoms. The van der Waals surface area contributed by atoms with Crippen molar-refractivity contribution < 1.29 is 14.3 Å². The number of thiophene rings is 1. The first-order valence-corrected chi connectivity index (χ1v) is 7.79. The van der Waals surface area contributed by atoms with Crippen molar-refractivity contribution in [3.8, 4) is 0 Å². The van der Waals surface area contributed by atoms with Crippen LogP contribution in [0.2, 0.25) is 4.34 Å². The molecule has 4 nitrogen and oxygen atoms in total. The molecule has 1 amide bonds. The van der Waals surface area contributed by atoms with Crippen molar-refractivity contribution in [1.29, 1.82) is 0 Å². The van der Waals surface area contributed by atoms with Crippen LogP contribution in [-0.4, -0.2) is 18.5 Å². The van der Waals surface area contributed by atoms with Gasteiger partial charge in [-0.3, -0.25) is 4.79 Å². The van der Waals surface area contributed by atoms with E-state index in [1.807, 2.05) is 0 Å². The Morgan fingerprint density at radius 2 is 1.95 bits per heavy atom. The lowest BCUT2D eigenvalue weighted by atomic mass is 10.2. The van der Waals surface area contributed by atoms with Crippen molar-refractivity contribution in [3.05, 3.63) is 57.3 Å². The van der Waals surface area contributed by atoms with Gasteiger partial charge in [0.2, 0.25) is 0 Å². The predicted molar refractivity (Wildman–Crippen MR) is 89.4 cm³/mol. The van der Waals surface area contributed by atoms with E-state index in [1.54, 1.807) is 49.4 Å². The van der Waals surface area contributed by atoms with Gasteiger partial charge >= 0.3 is 5.97 Å². The van der Waals surface area contributed by atoms with Crippen molar-refractivity contribution in [2.45, 2.75) is 6.92 Å². The van der Waals surface area contributed by atoms with Crippen LogP contribution < -0.4 is 5.32 Å². The van der Waals surface area contributed by atoms with Gasteiger partial charge in [0.25, 0.3) is 5.91 Å². The van der Waals surface area contributed by atoms with Gasteiger partial charge in [0, 0.05) is 11.8 Å². The van der Waals surface area contributed by atoms with E-state index in [0.717, 1.165) is 5.56 Å². The summed E-state index contributed by atoms with van der Waals surface area (Å²) in [5, 5.41) is 2.78. The van der Waals surface area contributed by atoms with E-state index in [9.17, 15) is 9.59 Å². The maximum atomic E-state index is 12.0. The summed E-state index contributed by atoms with van der Waals surface area (Å²) in [4.78, 5) is 23.7. The normalized spacial score (nSPS) is 10.6. The zero-order valence-electron chi connectivity index (χ0n) is 11.8. The molecule has 0 radical (unpaired) electrons. The van der Waals surface area contributed by atoms with Gasteiger partial charge in [-0.05, 0) is 42.8 Å². The lowest BCUT2D eigenvalue weighted by Gasteiger charge is -2.03. The van der Waals surface area contributed by atoms with E-state index in [0.29, 0.717) is 21.5 Å². The Bertz CT molecular complexity index is 692. The number of nitrogens with one attached hydrogen (secondary N) is 1. The van der Waals surface area contributed by atoms with Crippen molar-refractivity contribution in [2.75, 3.05) is 11.9 Å². The van der Waals surface area contributed by atoms with E-state index in [4.69, 9.17) is 16.3 Å². The predicted octanol–water partition coefficient (Wildman–Crippen LogP) is 4.23. The highest BCUT2D eigenvalue weighted by atomic mass is 35.5. The monoisotopic (exact) mass is 335 g/mol. The molecule has 0 atom stereocenters. The first-order valence-electron chi connectivity index (χ1n) is 6.60. The molecule has 0 unspecified atom stereocenters. The Morgan fingerprint density at radius 3 is 2.55 bits per heavy atom. The second-order valence-corrected chi connectivity index (χ2v) is 5.98. The zero-order valence-corrected chi connectivity index (χ0v) is 13.4. The number of halogens is 1.